The summed E-state index contributed by atoms with van der Waals surface area (Å²) < 4.78 is 6.99. The summed E-state index contributed by atoms with van der Waals surface area (Å²) in [6.07, 6.45) is 1.54. The Morgan fingerprint density at radius 1 is 1.67 bits per heavy atom. The van der Waals surface area contributed by atoms with Crippen molar-refractivity contribution >= 4 is 0 Å². The molecule has 2 N–H and O–H groups in total. The maximum Gasteiger partial charge on any atom is 0.138 e. The average molecular weight is 168 g/mol. The quantitative estimate of drug-likeness (QED) is 0.599. The first-order chi connectivity index (χ1) is 5.79. The van der Waals surface area contributed by atoms with E-state index in [9.17, 15) is 0 Å². The largest absolute Gasteiger partial charge is 0.379 e. The Morgan fingerprint density at radius 3 is 3.00 bits per heavy atom. The van der Waals surface area contributed by atoms with Gasteiger partial charge in [-0.15, -0.1) is 0 Å². The molecular formula is C7H12N4O. The van der Waals surface area contributed by atoms with Crippen LogP contribution >= 0.6 is 0 Å². The molecule has 2 unspecified atom stereocenters. The van der Waals surface area contributed by atoms with Crippen molar-refractivity contribution in [3.8, 4) is 0 Å². The molecule has 0 aromatic carbocycles. The molecule has 0 amide bonds. The summed E-state index contributed by atoms with van der Waals surface area (Å²) in [4.78, 5) is 4.14. The van der Waals surface area contributed by atoms with Crippen molar-refractivity contribution in [2.75, 3.05) is 13.2 Å². The monoisotopic (exact) mass is 168 g/mol. The van der Waals surface area contributed by atoms with Gasteiger partial charge in [-0.3, -0.25) is 4.68 Å². The van der Waals surface area contributed by atoms with E-state index in [0.29, 0.717) is 13.2 Å². The minimum Gasteiger partial charge on any atom is -0.379 e. The van der Waals surface area contributed by atoms with Crippen molar-refractivity contribution in [3.63, 3.8) is 0 Å². The van der Waals surface area contributed by atoms with Crippen LogP contribution in [-0.2, 0) is 11.8 Å². The first-order valence-electron chi connectivity index (χ1n) is 3.96. The van der Waals surface area contributed by atoms with Crippen LogP contribution in [0.2, 0.25) is 0 Å². The van der Waals surface area contributed by atoms with Crippen LogP contribution in [0.4, 0.5) is 0 Å². The number of aromatic nitrogens is 3. The highest BCUT2D eigenvalue weighted by molar-refractivity contribution is 5.03. The molecule has 66 valence electrons. The smallest absolute Gasteiger partial charge is 0.138 e. The Bertz CT molecular complexity index is 272. The van der Waals surface area contributed by atoms with Crippen molar-refractivity contribution in [1.82, 2.24) is 14.8 Å². The minimum absolute atomic E-state index is 0.0629. The van der Waals surface area contributed by atoms with Gasteiger partial charge in [0.15, 0.2) is 0 Å². The van der Waals surface area contributed by atoms with Gasteiger partial charge in [0.25, 0.3) is 0 Å². The Kier molecular flexibility index (Phi) is 1.82. The van der Waals surface area contributed by atoms with Gasteiger partial charge in [0, 0.05) is 13.1 Å². The first-order valence-corrected chi connectivity index (χ1v) is 3.96. The number of nitrogens with two attached hydrogens (primary N) is 1. The molecule has 0 radical (unpaired) electrons. The summed E-state index contributed by atoms with van der Waals surface area (Å²) in [5, 5.41) is 3.99. The van der Waals surface area contributed by atoms with E-state index in [1.54, 1.807) is 11.0 Å². The Labute approximate surface area is 70.5 Å². The maximum atomic E-state index is 5.83. The maximum absolute atomic E-state index is 5.83. The van der Waals surface area contributed by atoms with E-state index in [-0.39, 0.29) is 12.0 Å². The van der Waals surface area contributed by atoms with Crippen molar-refractivity contribution in [1.29, 1.82) is 0 Å². The van der Waals surface area contributed by atoms with Gasteiger partial charge >= 0.3 is 0 Å². The molecule has 1 aliphatic rings. The van der Waals surface area contributed by atoms with Gasteiger partial charge in [-0.05, 0) is 0 Å². The van der Waals surface area contributed by atoms with Gasteiger partial charge in [0.1, 0.15) is 12.2 Å². The van der Waals surface area contributed by atoms with E-state index < -0.39 is 0 Å². The number of nitrogens with zero attached hydrogens (tertiary/aromatic N) is 3. The first kappa shape index (κ1) is 7.70. The van der Waals surface area contributed by atoms with Crippen LogP contribution in [0.3, 0.4) is 0 Å². The fraction of sp³-hybridized carbons (Fsp3) is 0.714. The Hall–Kier alpha value is -0.940. The zero-order valence-electron chi connectivity index (χ0n) is 6.97. The van der Waals surface area contributed by atoms with E-state index in [0.717, 1.165) is 5.82 Å². The normalized spacial score (nSPS) is 29.5. The number of aryl methyl sites for hydroxylation is 1. The molecule has 12 heavy (non-hydrogen) atoms. The zero-order valence-corrected chi connectivity index (χ0v) is 6.97. The van der Waals surface area contributed by atoms with Crippen molar-refractivity contribution in [3.05, 3.63) is 12.2 Å². The predicted molar refractivity (Wildman–Crippen MR) is 42.5 cm³/mol. The second kappa shape index (κ2) is 2.84. The van der Waals surface area contributed by atoms with E-state index in [2.05, 4.69) is 10.1 Å². The minimum atomic E-state index is 0.0629. The molecule has 2 rings (SSSR count). The van der Waals surface area contributed by atoms with Crippen molar-refractivity contribution in [2.24, 2.45) is 12.8 Å². The topological polar surface area (TPSA) is 66.0 Å². The van der Waals surface area contributed by atoms with E-state index in [1.807, 2.05) is 7.05 Å². The molecule has 0 spiro atoms. The third-order valence-electron chi connectivity index (χ3n) is 2.20. The lowest BCUT2D eigenvalue weighted by Gasteiger charge is -2.10. The van der Waals surface area contributed by atoms with Crippen LogP contribution in [0, 0.1) is 0 Å². The van der Waals surface area contributed by atoms with Crippen LogP contribution in [-0.4, -0.2) is 34.0 Å². The predicted octanol–water partition coefficient (Wildman–Crippen LogP) is -0.744. The molecule has 0 aliphatic carbocycles. The molecule has 5 heteroatoms. The second-order valence-electron chi connectivity index (χ2n) is 3.05. The molecule has 5 nitrogen and oxygen atoms in total. The third kappa shape index (κ3) is 1.11. The molecular weight excluding hydrogens is 156 g/mol. The lowest BCUT2D eigenvalue weighted by Crippen LogP contribution is -2.28. The van der Waals surface area contributed by atoms with Gasteiger partial charge in [0.05, 0.1) is 19.1 Å². The van der Waals surface area contributed by atoms with Crippen LogP contribution in [0.25, 0.3) is 0 Å². The molecule has 2 heterocycles. The van der Waals surface area contributed by atoms with Crippen LogP contribution in [0.1, 0.15) is 11.7 Å². The summed E-state index contributed by atoms with van der Waals surface area (Å²) in [5.41, 5.74) is 5.83. The van der Waals surface area contributed by atoms with Crippen LogP contribution in [0.5, 0.6) is 0 Å². The van der Waals surface area contributed by atoms with Gasteiger partial charge in [-0.2, -0.15) is 5.10 Å². The summed E-state index contributed by atoms with van der Waals surface area (Å²) >= 11 is 0. The fourth-order valence-corrected chi connectivity index (χ4v) is 1.48. The molecule has 1 fully saturated rings. The molecule has 1 aromatic rings. The summed E-state index contributed by atoms with van der Waals surface area (Å²) in [6, 6.07) is 0.0629. The Morgan fingerprint density at radius 2 is 2.50 bits per heavy atom. The number of hydrogen-bond donors (Lipinski definition) is 1. The molecule has 1 aromatic heterocycles. The number of hydrogen-bond acceptors (Lipinski definition) is 4. The standard InChI is InChI=1S/C7H12N4O/c1-11-7(9-4-10-11)5-2-12-3-6(5)8/h4-6H,2-3,8H2,1H3. The number of rotatable bonds is 1. The number of ether oxygens (including phenoxy) is 1. The fourth-order valence-electron chi connectivity index (χ4n) is 1.48. The van der Waals surface area contributed by atoms with E-state index in [1.165, 1.54) is 0 Å². The molecule has 2 atom stereocenters. The highest BCUT2D eigenvalue weighted by Crippen LogP contribution is 2.21. The summed E-state index contributed by atoms with van der Waals surface area (Å²) in [5.74, 6) is 1.12. The van der Waals surface area contributed by atoms with Crippen molar-refractivity contribution in [2.45, 2.75) is 12.0 Å². The Balaban J connectivity index is 2.24. The summed E-state index contributed by atoms with van der Waals surface area (Å²) in [6.45, 7) is 1.28. The van der Waals surface area contributed by atoms with Gasteiger partial charge in [0.2, 0.25) is 0 Å². The van der Waals surface area contributed by atoms with Gasteiger partial charge < -0.3 is 10.5 Å². The lowest BCUT2D eigenvalue weighted by atomic mass is 10.0. The van der Waals surface area contributed by atoms with E-state index >= 15 is 0 Å². The van der Waals surface area contributed by atoms with Crippen molar-refractivity contribution < 1.29 is 4.74 Å². The second-order valence-corrected chi connectivity index (χ2v) is 3.05. The molecule has 1 saturated heterocycles. The van der Waals surface area contributed by atoms with Gasteiger partial charge in [-0.1, -0.05) is 0 Å². The van der Waals surface area contributed by atoms with Gasteiger partial charge in [-0.25, -0.2) is 4.98 Å². The molecule has 0 bridgehead atoms. The lowest BCUT2D eigenvalue weighted by molar-refractivity contribution is 0.190. The molecule has 1 aliphatic heterocycles. The van der Waals surface area contributed by atoms with Crippen LogP contribution in [0.15, 0.2) is 6.33 Å². The third-order valence-corrected chi connectivity index (χ3v) is 2.20. The van der Waals surface area contributed by atoms with E-state index in [4.69, 9.17) is 10.5 Å². The zero-order chi connectivity index (χ0) is 8.55. The molecule has 0 saturated carbocycles. The average Bonchev–Trinajstić information content (AvgIpc) is 2.59. The van der Waals surface area contributed by atoms with Crippen LogP contribution < -0.4 is 5.73 Å². The summed E-state index contributed by atoms with van der Waals surface area (Å²) in [7, 11) is 1.87. The highest BCUT2D eigenvalue weighted by Gasteiger charge is 2.29. The highest BCUT2D eigenvalue weighted by atomic mass is 16.5. The SMILES string of the molecule is Cn1ncnc1C1COCC1N.